The summed E-state index contributed by atoms with van der Waals surface area (Å²) in [6, 6.07) is 7.58. The van der Waals surface area contributed by atoms with Gasteiger partial charge in [-0.2, -0.15) is 0 Å². The molecule has 0 aliphatic heterocycles. The minimum atomic E-state index is -0.145. The lowest BCUT2D eigenvalue weighted by Crippen LogP contribution is -2.27. The number of benzene rings is 1. The van der Waals surface area contributed by atoms with Crippen LogP contribution in [0.25, 0.3) is 21.1 Å². The maximum Gasteiger partial charge on any atom is 0.263 e. The van der Waals surface area contributed by atoms with Gasteiger partial charge in [0.2, 0.25) is 0 Å². The molecular weight excluding hydrogens is 452 g/mol. The van der Waals surface area contributed by atoms with Crippen LogP contribution < -0.4 is 11.1 Å². The third-order valence-corrected chi connectivity index (χ3v) is 9.24. The molecule has 4 aromatic rings. The molecule has 6 nitrogen and oxygen atoms in total. The standard InChI is InChI=1S/C25H26N4O2S2/c1-14(21-26-18-12-6-4-10-16(18)22(30)27-21)32-25-28-23-20(17-11-5-7-13-19(17)33-23)24(31)29(25)15-8-2-3-9-15/h4,6,10,12,14-15H,2-3,5,7-9,11,13H2,1H3,(H,26,27,30). The second-order valence-electron chi connectivity index (χ2n) is 9.13. The molecule has 0 bridgehead atoms. The van der Waals surface area contributed by atoms with Crippen LogP contribution in [0.3, 0.4) is 0 Å². The minimum Gasteiger partial charge on any atom is -0.309 e. The van der Waals surface area contributed by atoms with Gasteiger partial charge in [-0.3, -0.25) is 14.2 Å². The van der Waals surface area contributed by atoms with Crippen molar-refractivity contribution in [1.82, 2.24) is 19.5 Å². The normalized spacial score (nSPS) is 17.6. The van der Waals surface area contributed by atoms with Crippen molar-refractivity contribution in [2.75, 3.05) is 0 Å². The molecule has 33 heavy (non-hydrogen) atoms. The van der Waals surface area contributed by atoms with E-state index in [-0.39, 0.29) is 22.4 Å². The molecule has 1 unspecified atom stereocenters. The second kappa shape index (κ2) is 8.40. The number of aryl methyl sites for hydroxylation is 2. The lowest BCUT2D eigenvalue weighted by molar-refractivity contribution is 0.457. The van der Waals surface area contributed by atoms with Crippen molar-refractivity contribution in [3.8, 4) is 0 Å². The zero-order valence-corrected chi connectivity index (χ0v) is 20.2. The molecule has 1 N–H and O–H groups in total. The molecule has 0 saturated heterocycles. The highest BCUT2D eigenvalue weighted by atomic mass is 32.2. The molecule has 6 rings (SSSR count). The Morgan fingerprint density at radius 1 is 1.09 bits per heavy atom. The van der Waals surface area contributed by atoms with Crippen LogP contribution in [0.5, 0.6) is 0 Å². The van der Waals surface area contributed by atoms with Crippen molar-refractivity contribution in [1.29, 1.82) is 0 Å². The minimum absolute atomic E-state index is 0.126. The Balaban J connectivity index is 1.46. The molecule has 1 aromatic carbocycles. The maximum atomic E-state index is 13.9. The van der Waals surface area contributed by atoms with E-state index in [9.17, 15) is 9.59 Å². The molecule has 170 valence electrons. The molecule has 3 heterocycles. The molecule has 0 spiro atoms. The number of nitrogens with one attached hydrogen (secondary N) is 1. The zero-order chi connectivity index (χ0) is 22.5. The number of H-pyrrole nitrogens is 1. The maximum absolute atomic E-state index is 13.9. The molecular formula is C25H26N4O2S2. The Morgan fingerprint density at radius 2 is 1.88 bits per heavy atom. The third kappa shape index (κ3) is 3.64. The van der Waals surface area contributed by atoms with E-state index in [0.717, 1.165) is 60.3 Å². The number of fused-ring (bicyclic) bond motifs is 4. The van der Waals surface area contributed by atoms with Crippen molar-refractivity contribution in [3.63, 3.8) is 0 Å². The number of hydrogen-bond acceptors (Lipinski definition) is 6. The van der Waals surface area contributed by atoms with E-state index < -0.39 is 0 Å². The Bertz CT molecular complexity index is 1480. The first-order valence-corrected chi connectivity index (χ1v) is 13.5. The highest BCUT2D eigenvalue weighted by Gasteiger charge is 2.28. The largest absolute Gasteiger partial charge is 0.309 e. The number of thiophene rings is 1. The molecule has 2 aliphatic rings. The first-order valence-electron chi connectivity index (χ1n) is 11.8. The lowest BCUT2D eigenvalue weighted by atomic mass is 9.97. The van der Waals surface area contributed by atoms with Crippen LogP contribution in [-0.4, -0.2) is 19.5 Å². The summed E-state index contributed by atoms with van der Waals surface area (Å²) in [5.41, 5.74) is 1.92. The molecule has 0 radical (unpaired) electrons. The smallest absolute Gasteiger partial charge is 0.263 e. The number of hydrogen-bond donors (Lipinski definition) is 1. The van der Waals surface area contributed by atoms with Gasteiger partial charge < -0.3 is 4.98 Å². The van der Waals surface area contributed by atoms with E-state index in [4.69, 9.17) is 9.97 Å². The average Bonchev–Trinajstić information content (AvgIpc) is 3.47. The van der Waals surface area contributed by atoms with Crippen LogP contribution in [-0.2, 0) is 12.8 Å². The Morgan fingerprint density at radius 3 is 2.73 bits per heavy atom. The highest BCUT2D eigenvalue weighted by molar-refractivity contribution is 7.99. The lowest BCUT2D eigenvalue weighted by Gasteiger charge is -2.20. The molecule has 3 aromatic heterocycles. The number of thioether (sulfide) groups is 1. The molecule has 1 atom stereocenters. The topological polar surface area (TPSA) is 80.6 Å². The van der Waals surface area contributed by atoms with E-state index in [1.807, 2.05) is 29.7 Å². The van der Waals surface area contributed by atoms with Gasteiger partial charge in [0.15, 0.2) is 5.16 Å². The van der Waals surface area contributed by atoms with Gasteiger partial charge in [0.1, 0.15) is 10.7 Å². The zero-order valence-electron chi connectivity index (χ0n) is 18.6. The van der Waals surface area contributed by atoms with Gasteiger partial charge in [-0.1, -0.05) is 36.7 Å². The van der Waals surface area contributed by atoms with Crippen LogP contribution in [0.15, 0.2) is 39.0 Å². The Labute approximate surface area is 199 Å². The predicted molar refractivity (Wildman–Crippen MR) is 135 cm³/mol. The Hall–Kier alpha value is -2.45. The van der Waals surface area contributed by atoms with Gasteiger partial charge in [-0.15, -0.1) is 11.3 Å². The fraction of sp³-hybridized carbons (Fsp3) is 0.440. The van der Waals surface area contributed by atoms with Gasteiger partial charge in [0.25, 0.3) is 11.1 Å². The summed E-state index contributed by atoms with van der Waals surface area (Å²) in [7, 11) is 0. The molecule has 2 aliphatic carbocycles. The predicted octanol–water partition coefficient (Wildman–Crippen LogP) is 5.54. The number of para-hydroxylation sites is 1. The molecule has 1 saturated carbocycles. The number of aromatic amines is 1. The number of nitrogens with zero attached hydrogens (tertiary/aromatic N) is 3. The summed E-state index contributed by atoms with van der Waals surface area (Å²) in [6.07, 6.45) is 8.72. The first-order chi connectivity index (χ1) is 16.1. The summed E-state index contributed by atoms with van der Waals surface area (Å²) in [5.74, 6) is 0.612. The van der Waals surface area contributed by atoms with E-state index in [1.165, 1.54) is 28.6 Å². The van der Waals surface area contributed by atoms with Crippen LogP contribution >= 0.6 is 23.1 Å². The second-order valence-corrected chi connectivity index (χ2v) is 11.5. The fourth-order valence-electron chi connectivity index (χ4n) is 5.28. The van der Waals surface area contributed by atoms with Crippen molar-refractivity contribution in [2.45, 2.75) is 74.7 Å². The van der Waals surface area contributed by atoms with Crippen molar-refractivity contribution in [3.05, 3.63) is 61.2 Å². The van der Waals surface area contributed by atoms with Crippen LogP contribution in [0.2, 0.25) is 0 Å². The number of aromatic nitrogens is 4. The van der Waals surface area contributed by atoms with Gasteiger partial charge in [-0.25, -0.2) is 9.97 Å². The summed E-state index contributed by atoms with van der Waals surface area (Å²) in [4.78, 5) is 41.4. The summed E-state index contributed by atoms with van der Waals surface area (Å²) >= 11 is 3.22. The molecule has 1 fully saturated rings. The van der Waals surface area contributed by atoms with Crippen molar-refractivity contribution < 1.29 is 0 Å². The molecule has 0 amide bonds. The number of rotatable bonds is 4. The average molecular weight is 479 g/mol. The van der Waals surface area contributed by atoms with Crippen LogP contribution in [0, 0.1) is 0 Å². The van der Waals surface area contributed by atoms with Crippen LogP contribution in [0.1, 0.15) is 73.0 Å². The van der Waals surface area contributed by atoms with Crippen molar-refractivity contribution >= 4 is 44.2 Å². The first kappa shape index (κ1) is 21.1. The van der Waals surface area contributed by atoms with Gasteiger partial charge in [0, 0.05) is 10.9 Å². The SMILES string of the molecule is CC(Sc1nc2sc3c(c2c(=O)n1C1CCCC1)CCCC3)c1nc2ccccc2c(=O)[nH]1. The van der Waals surface area contributed by atoms with Gasteiger partial charge in [-0.05, 0) is 63.1 Å². The van der Waals surface area contributed by atoms with E-state index in [2.05, 4.69) is 4.98 Å². The fourth-order valence-corrected chi connectivity index (χ4v) is 7.62. The summed E-state index contributed by atoms with van der Waals surface area (Å²) in [6.45, 7) is 2.02. The van der Waals surface area contributed by atoms with Gasteiger partial charge >= 0.3 is 0 Å². The Kier molecular flexibility index (Phi) is 5.37. The molecule has 8 heteroatoms. The van der Waals surface area contributed by atoms with Gasteiger partial charge in [0.05, 0.1) is 21.5 Å². The van der Waals surface area contributed by atoms with Crippen LogP contribution in [0.4, 0.5) is 0 Å². The quantitative estimate of drug-likeness (QED) is 0.308. The van der Waals surface area contributed by atoms with Crippen molar-refractivity contribution in [2.24, 2.45) is 0 Å². The summed E-state index contributed by atoms with van der Waals surface area (Å²) < 4.78 is 1.97. The monoisotopic (exact) mass is 478 g/mol. The van der Waals surface area contributed by atoms with E-state index in [0.29, 0.717) is 16.7 Å². The third-order valence-electron chi connectivity index (χ3n) is 6.98. The summed E-state index contributed by atoms with van der Waals surface area (Å²) in [5, 5.41) is 2.05. The highest BCUT2D eigenvalue weighted by Crippen LogP contribution is 2.40. The van der Waals surface area contributed by atoms with E-state index in [1.54, 1.807) is 17.4 Å². The van der Waals surface area contributed by atoms with E-state index >= 15 is 0 Å².